The first-order valence-electron chi connectivity index (χ1n) is 3.78. The molecule has 2 heteroatoms. The number of hydrogen-bond acceptors (Lipinski definition) is 0. The lowest BCUT2D eigenvalue weighted by molar-refractivity contribution is 0.710. The molecule has 0 aromatic carbocycles. The third kappa shape index (κ3) is 1.50. The van der Waals surface area contributed by atoms with Crippen molar-refractivity contribution in [1.82, 2.24) is 4.98 Å². The van der Waals surface area contributed by atoms with Crippen LogP contribution in [-0.4, -0.2) is 4.98 Å². The minimum Gasteiger partial charge on any atom is -0.361 e. The molecule has 0 amide bonds. The molecule has 1 heterocycles. The summed E-state index contributed by atoms with van der Waals surface area (Å²) in [5, 5.41) is 1.55. The molecular formula is C9H12FN. The van der Waals surface area contributed by atoms with Crippen molar-refractivity contribution >= 4 is 11.9 Å². The van der Waals surface area contributed by atoms with Gasteiger partial charge >= 0.3 is 0 Å². The SMILES string of the molecule is CC=c1[nH]ccc1=C(F)CC. The number of aromatic amines is 1. The van der Waals surface area contributed by atoms with E-state index in [0.29, 0.717) is 11.6 Å². The van der Waals surface area contributed by atoms with E-state index >= 15 is 0 Å². The molecule has 0 fully saturated rings. The molecule has 0 aliphatic heterocycles. The standard InChI is InChI=1S/C9H12FN/c1-3-8(10)7-5-6-11-9(7)4-2/h4-6,11H,3H2,1-2H3. The Morgan fingerprint density at radius 3 is 3.00 bits per heavy atom. The number of hydrogen-bond donors (Lipinski definition) is 1. The molecule has 0 radical (unpaired) electrons. The Bertz CT molecular complexity index is 335. The van der Waals surface area contributed by atoms with Crippen LogP contribution in [-0.2, 0) is 0 Å². The van der Waals surface area contributed by atoms with Crippen molar-refractivity contribution in [2.24, 2.45) is 0 Å². The van der Waals surface area contributed by atoms with Crippen LogP contribution in [0.5, 0.6) is 0 Å². The molecule has 0 aliphatic carbocycles. The topological polar surface area (TPSA) is 15.8 Å². The van der Waals surface area contributed by atoms with Crippen LogP contribution in [0.4, 0.5) is 4.39 Å². The molecular weight excluding hydrogens is 141 g/mol. The van der Waals surface area contributed by atoms with Crippen molar-refractivity contribution in [2.75, 3.05) is 0 Å². The summed E-state index contributed by atoms with van der Waals surface area (Å²) >= 11 is 0. The lowest BCUT2D eigenvalue weighted by Crippen LogP contribution is -2.23. The van der Waals surface area contributed by atoms with E-state index in [0.717, 1.165) is 5.35 Å². The van der Waals surface area contributed by atoms with Crippen molar-refractivity contribution in [3.05, 3.63) is 22.8 Å². The smallest absolute Gasteiger partial charge is 0.109 e. The molecule has 0 bridgehead atoms. The average Bonchev–Trinajstić information content (AvgIpc) is 2.50. The molecule has 0 saturated carbocycles. The molecule has 60 valence electrons. The van der Waals surface area contributed by atoms with E-state index in [1.807, 2.05) is 19.9 Å². The van der Waals surface area contributed by atoms with E-state index in [4.69, 9.17) is 0 Å². The van der Waals surface area contributed by atoms with Crippen LogP contribution in [0.2, 0.25) is 0 Å². The second-order valence-electron chi connectivity index (χ2n) is 2.35. The van der Waals surface area contributed by atoms with Crippen LogP contribution in [0.3, 0.4) is 0 Å². The van der Waals surface area contributed by atoms with Gasteiger partial charge in [-0.05, 0) is 19.4 Å². The molecule has 1 nitrogen and oxygen atoms in total. The third-order valence-electron chi connectivity index (χ3n) is 1.67. The molecule has 11 heavy (non-hydrogen) atoms. The molecule has 0 atom stereocenters. The molecule has 0 spiro atoms. The largest absolute Gasteiger partial charge is 0.361 e. The van der Waals surface area contributed by atoms with Crippen molar-refractivity contribution in [2.45, 2.75) is 20.3 Å². The Morgan fingerprint density at radius 2 is 2.45 bits per heavy atom. The highest BCUT2D eigenvalue weighted by Crippen LogP contribution is 1.97. The average molecular weight is 153 g/mol. The van der Waals surface area contributed by atoms with E-state index in [-0.39, 0.29) is 5.83 Å². The van der Waals surface area contributed by atoms with E-state index < -0.39 is 0 Å². The molecule has 0 saturated heterocycles. The van der Waals surface area contributed by atoms with Gasteiger partial charge in [-0.1, -0.05) is 13.0 Å². The Balaban J connectivity index is 3.45. The van der Waals surface area contributed by atoms with Crippen LogP contribution in [0, 0.1) is 0 Å². The van der Waals surface area contributed by atoms with Gasteiger partial charge in [-0.15, -0.1) is 0 Å². The van der Waals surface area contributed by atoms with Crippen molar-refractivity contribution < 1.29 is 4.39 Å². The predicted molar refractivity (Wildman–Crippen MR) is 45.0 cm³/mol. The minimum absolute atomic E-state index is 0.0562. The van der Waals surface area contributed by atoms with Crippen molar-refractivity contribution in [3.8, 4) is 0 Å². The fraction of sp³-hybridized carbons (Fsp3) is 0.333. The maximum absolute atomic E-state index is 13.0. The molecule has 1 N–H and O–H groups in total. The Kier molecular flexibility index (Phi) is 2.47. The van der Waals surface area contributed by atoms with Gasteiger partial charge in [-0.2, -0.15) is 0 Å². The zero-order chi connectivity index (χ0) is 8.27. The molecule has 1 aromatic heterocycles. The normalized spacial score (nSPS) is 15.4. The van der Waals surface area contributed by atoms with Crippen LogP contribution >= 0.6 is 0 Å². The summed E-state index contributed by atoms with van der Waals surface area (Å²) in [6, 6.07) is 1.76. The molecule has 1 aromatic rings. The Morgan fingerprint density at radius 1 is 1.73 bits per heavy atom. The molecule has 0 aliphatic rings. The maximum atomic E-state index is 13.0. The highest BCUT2D eigenvalue weighted by Gasteiger charge is 1.93. The predicted octanol–water partition coefficient (Wildman–Crippen LogP) is 1.30. The summed E-state index contributed by atoms with van der Waals surface area (Å²) in [5.41, 5.74) is 0. The van der Waals surface area contributed by atoms with E-state index in [2.05, 4.69) is 4.98 Å². The number of rotatable bonds is 1. The van der Waals surface area contributed by atoms with E-state index in [1.54, 1.807) is 12.3 Å². The van der Waals surface area contributed by atoms with Crippen molar-refractivity contribution in [3.63, 3.8) is 0 Å². The highest BCUT2D eigenvalue weighted by molar-refractivity contribution is 5.36. The summed E-state index contributed by atoms with van der Waals surface area (Å²) < 4.78 is 13.0. The number of H-pyrrole nitrogens is 1. The van der Waals surface area contributed by atoms with Crippen LogP contribution in [0.25, 0.3) is 11.9 Å². The van der Waals surface area contributed by atoms with Gasteiger partial charge in [-0.25, -0.2) is 4.39 Å². The Hall–Kier alpha value is -1.05. The summed E-state index contributed by atoms with van der Waals surface area (Å²) in [7, 11) is 0. The number of aromatic nitrogens is 1. The number of halogens is 1. The van der Waals surface area contributed by atoms with Crippen LogP contribution in [0.1, 0.15) is 20.3 Å². The zero-order valence-electron chi connectivity index (χ0n) is 6.82. The van der Waals surface area contributed by atoms with Gasteiger partial charge in [0.2, 0.25) is 0 Å². The highest BCUT2D eigenvalue weighted by atomic mass is 19.1. The van der Waals surface area contributed by atoms with Gasteiger partial charge in [0.25, 0.3) is 0 Å². The van der Waals surface area contributed by atoms with Gasteiger partial charge in [0.15, 0.2) is 0 Å². The fourth-order valence-corrected chi connectivity index (χ4v) is 1.05. The first-order chi connectivity index (χ1) is 5.29. The van der Waals surface area contributed by atoms with Gasteiger partial charge < -0.3 is 4.98 Å². The quantitative estimate of drug-likeness (QED) is 0.626. The monoisotopic (exact) mass is 153 g/mol. The van der Waals surface area contributed by atoms with Crippen molar-refractivity contribution in [1.29, 1.82) is 0 Å². The van der Waals surface area contributed by atoms with E-state index in [9.17, 15) is 4.39 Å². The van der Waals surface area contributed by atoms with E-state index in [1.165, 1.54) is 0 Å². The second-order valence-corrected chi connectivity index (χ2v) is 2.35. The summed E-state index contributed by atoms with van der Waals surface area (Å²) in [4.78, 5) is 2.95. The summed E-state index contributed by atoms with van der Waals surface area (Å²) in [5.74, 6) is -0.0562. The summed E-state index contributed by atoms with van der Waals surface area (Å²) in [6.45, 7) is 3.69. The maximum Gasteiger partial charge on any atom is 0.109 e. The van der Waals surface area contributed by atoms with Gasteiger partial charge in [0.1, 0.15) is 5.83 Å². The van der Waals surface area contributed by atoms with Crippen LogP contribution < -0.4 is 10.6 Å². The molecule has 1 rings (SSSR count). The minimum atomic E-state index is -0.0562. The van der Waals surface area contributed by atoms with Crippen LogP contribution in [0.15, 0.2) is 12.3 Å². The van der Waals surface area contributed by atoms with Gasteiger partial charge in [-0.3, -0.25) is 0 Å². The lowest BCUT2D eigenvalue weighted by atomic mass is 10.3. The fourth-order valence-electron chi connectivity index (χ4n) is 1.05. The lowest BCUT2D eigenvalue weighted by Gasteiger charge is -1.85. The first-order valence-corrected chi connectivity index (χ1v) is 3.78. The third-order valence-corrected chi connectivity index (χ3v) is 1.67. The zero-order valence-corrected chi connectivity index (χ0v) is 6.82. The Labute approximate surface area is 65.3 Å². The summed E-state index contributed by atoms with van der Waals surface area (Å²) in [6.07, 6.45) is 4.07. The molecule has 0 unspecified atom stereocenters. The second kappa shape index (κ2) is 3.37. The first kappa shape index (κ1) is 8.05. The van der Waals surface area contributed by atoms with Gasteiger partial charge in [0.05, 0.1) is 0 Å². The number of nitrogens with one attached hydrogen (secondary N) is 1. The van der Waals surface area contributed by atoms with Gasteiger partial charge in [0, 0.05) is 16.8 Å².